The van der Waals surface area contributed by atoms with Crippen molar-refractivity contribution in [1.29, 1.82) is 0 Å². The van der Waals surface area contributed by atoms with Crippen LogP contribution in [0.15, 0.2) is 5.16 Å². The molecule has 1 rings (SSSR count). The maximum Gasteiger partial charge on any atom is 0.220 e. The maximum atomic E-state index is 5.34. The van der Waals surface area contributed by atoms with Crippen molar-refractivity contribution in [2.75, 3.05) is 11.5 Å². The summed E-state index contributed by atoms with van der Waals surface area (Å²) >= 11 is 1.66. The van der Waals surface area contributed by atoms with Gasteiger partial charge in [-0.1, -0.05) is 25.1 Å². The van der Waals surface area contributed by atoms with Gasteiger partial charge >= 0.3 is 0 Å². The number of H-pyrrole nitrogens is 1. The van der Waals surface area contributed by atoms with Crippen molar-refractivity contribution >= 4 is 17.7 Å². The Kier molecular flexibility index (Phi) is 3.22. The second kappa shape index (κ2) is 4.23. The fourth-order valence-electron chi connectivity index (χ4n) is 0.637. The van der Waals surface area contributed by atoms with Gasteiger partial charge in [0, 0.05) is 5.75 Å². The topological polar surface area (TPSA) is 67.6 Å². The lowest BCUT2D eigenvalue weighted by atomic mass is 10.4. The molecule has 11 heavy (non-hydrogen) atoms. The first-order chi connectivity index (χ1) is 5.33. The van der Waals surface area contributed by atoms with E-state index >= 15 is 0 Å². The number of nitrogen functional groups attached to an aromatic ring is 1. The monoisotopic (exact) mass is 172 g/mol. The Morgan fingerprint density at radius 2 is 2.36 bits per heavy atom. The summed E-state index contributed by atoms with van der Waals surface area (Å²) in [7, 11) is 0. The second-order valence-corrected chi connectivity index (χ2v) is 3.30. The maximum absolute atomic E-state index is 5.34. The number of anilines is 1. The number of hydrogen-bond acceptors (Lipinski definition) is 4. The van der Waals surface area contributed by atoms with E-state index in [0.29, 0.717) is 5.95 Å². The third kappa shape index (κ3) is 2.80. The van der Waals surface area contributed by atoms with Crippen LogP contribution in [0.2, 0.25) is 0 Å². The molecule has 5 heteroatoms. The van der Waals surface area contributed by atoms with Crippen molar-refractivity contribution in [3.05, 3.63) is 0 Å². The van der Waals surface area contributed by atoms with Crippen molar-refractivity contribution < 1.29 is 0 Å². The Labute approximate surface area is 70.0 Å². The molecule has 62 valence electrons. The molecule has 0 aliphatic heterocycles. The number of nitrogens with zero attached hydrogens (tertiary/aromatic N) is 2. The van der Waals surface area contributed by atoms with E-state index in [2.05, 4.69) is 22.1 Å². The summed E-state index contributed by atoms with van der Waals surface area (Å²) in [5.74, 6) is 1.47. The Bertz CT molecular complexity index is 210. The first-order valence-electron chi connectivity index (χ1n) is 3.64. The van der Waals surface area contributed by atoms with E-state index in [9.17, 15) is 0 Å². The van der Waals surface area contributed by atoms with Gasteiger partial charge in [0.2, 0.25) is 5.95 Å². The van der Waals surface area contributed by atoms with Gasteiger partial charge in [-0.25, -0.2) is 0 Å². The average molecular weight is 172 g/mol. The molecule has 0 radical (unpaired) electrons. The van der Waals surface area contributed by atoms with Gasteiger partial charge in [-0.3, -0.25) is 0 Å². The van der Waals surface area contributed by atoms with Crippen molar-refractivity contribution in [3.8, 4) is 0 Å². The molecule has 0 aromatic carbocycles. The fourth-order valence-corrected chi connectivity index (χ4v) is 1.54. The quantitative estimate of drug-likeness (QED) is 0.530. The van der Waals surface area contributed by atoms with Gasteiger partial charge in [0.15, 0.2) is 5.16 Å². The third-order valence-electron chi connectivity index (χ3n) is 1.22. The number of rotatable bonds is 4. The van der Waals surface area contributed by atoms with Gasteiger partial charge in [0.05, 0.1) is 0 Å². The van der Waals surface area contributed by atoms with E-state index in [1.807, 2.05) is 0 Å². The lowest BCUT2D eigenvalue weighted by molar-refractivity contribution is 0.889. The zero-order chi connectivity index (χ0) is 8.10. The molecule has 0 amide bonds. The Hall–Kier alpha value is -0.710. The highest BCUT2D eigenvalue weighted by atomic mass is 32.2. The number of nitrogens with two attached hydrogens (primary N) is 1. The van der Waals surface area contributed by atoms with Crippen LogP contribution in [0.4, 0.5) is 5.95 Å². The molecule has 0 aliphatic carbocycles. The largest absolute Gasteiger partial charge is 0.368 e. The summed E-state index contributed by atoms with van der Waals surface area (Å²) in [6.07, 6.45) is 2.40. The fraction of sp³-hybridized carbons (Fsp3) is 0.667. The first kappa shape index (κ1) is 8.39. The SMILES string of the molecule is CCCCSc1nnc(N)[nH]1. The highest BCUT2D eigenvalue weighted by Crippen LogP contribution is 2.14. The van der Waals surface area contributed by atoms with E-state index in [4.69, 9.17) is 5.73 Å². The molecule has 0 fully saturated rings. The minimum atomic E-state index is 0.393. The summed E-state index contributed by atoms with van der Waals surface area (Å²) in [5.41, 5.74) is 5.34. The lowest BCUT2D eigenvalue weighted by Crippen LogP contribution is -1.85. The molecule has 1 aromatic heterocycles. The molecule has 0 atom stereocenters. The molecular formula is C6H12N4S. The van der Waals surface area contributed by atoms with Crippen LogP contribution in [0.25, 0.3) is 0 Å². The molecule has 0 unspecified atom stereocenters. The minimum absolute atomic E-state index is 0.393. The number of aromatic amines is 1. The minimum Gasteiger partial charge on any atom is -0.368 e. The highest BCUT2D eigenvalue weighted by molar-refractivity contribution is 7.99. The summed E-state index contributed by atoms with van der Waals surface area (Å²) in [4.78, 5) is 2.85. The van der Waals surface area contributed by atoms with E-state index in [1.54, 1.807) is 11.8 Å². The number of unbranched alkanes of at least 4 members (excludes halogenated alkanes) is 1. The van der Waals surface area contributed by atoms with Gasteiger partial charge in [-0.05, 0) is 6.42 Å². The summed E-state index contributed by atoms with van der Waals surface area (Å²) in [6, 6.07) is 0. The molecule has 0 spiro atoms. The van der Waals surface area contributed by atoms with Gasteiger partial charge in [-0.2, -0.15) is 0 Å². The number of thioether (sulfide) groups is 1. The molecule has 0 aliphatic rings. The van der Waals surface area contributed by atoms with Crippen molar-refractivity contribution in [2.45, 2.75) is 24.9 Å². The van der Waals surface area contributed by atoms with Gasteiger partial charge in [-0.15, -0.1) is 10.2 Å². The van der Waals surface area contributed by atoms with E-state index < -0.39 is 0 Å². The van der Waals surface area contributed by atoms with Gasteiger partial charge in [0.1, 0.15) is 0 Å². The number of aromatic nitrogens is 3. The van der Waals surface area contributed by atoms with Crippen LogP contribution in [0.1, 0.15) is 19.8 Å². The van der Waals surface area contributed by atoms with E-state index in [1.165, 1.54) is 12.8 Å². The lowest BCUT2D eigenvalue weighted by Gasteiger charge is -1.92. The van der Waals surface area contributed by atoms with Crippen molar-refractivity contribution in [1.82, 2.24) is 15.2 Å². The van der Waals surface area contributed by atoms with E-state index in [-0.39, 0.29) is 0 Å². The second-order valence-electron chi connectivity index (χ2n) is 2.22. The van der Waals surface area contributed by atoms with E-state index in [0.717, 1.165) is 10.9 Å². The zero-order valence-electron chi connectivity index (χ0n) is 6.50. The van der Waals surface area contributed by atoms with Crippen LogP contribution in [-0.2, 0) is 0 Å². The predicted octanol–water partition coefficient (Wildman–Crippen LogP) is 1.28. The summed E-state index contributed by atoms with van der Waals surface area (Å²) < 4.78 is 0. The smallest absolute Gasteiger partial charge is 0.220 e. The molecule has 3 N–H and O–H groups in total. The normalized spacial score (nSPS) is 10.3. The van der Waals surface area contributed by atoms with Crippen LogP contribution in [-0.4, -0.2) is 20.9 Å². The Morgan fingerprint density at radius 3 is 2.91 bits per heavy atom. The third-order valence-corrected chi connectivity index (χ3v) is 2.17. The average Bonchev–Trinajstić information content (AvgIpc) is 2.37. The number of nitrogens with one attached hydrogen (secondary N) is 1. The predicted molar refractivity (Wildman–Crippen MR) is 46.4 cm³/mol. The molecule has 1 aromatic rings. The van der Waals surface area contributed by atoms with Crippen LogP contribution < -0.4 is 5.73 Å². The van der Waals surface area contributed by atoms with Gasteiger partial charge < -0.3 is 10.7 Å². The summed E-state index contributed by atoms with van der Waals surface area (Å²) in [5, 5.41) is 8.28. The van der Waals surface area contributed by atoms with Gasteiger partial charge in [0.25, 0.3) is 0 Å². The number of hydrogen-bond donors (Lipinski definition) is 2. The van der Waals surface area contributed by atoms with Crippen LogP contribution in [0.5, 0.6) is 0 Å². The zero-order valence-corrected chi connectivity index (χ0v) is 7.32. The molecule has 0 saturated heterocycles. The standard InChI is InChI=1S/C6H12N4S/c1-2-3-4-11-6-8-5(7)9-10-6/h2-4H2,1H3,(H3,7,8,9,10). The molecule has 0 saturated carbocycles. The molecule has 1 heterocycles. The highest BCUT2D eigenvalue weighted by Gasteiger charge is 1.97. The summed E-state index contributed by atoms with van der Waals surface area (Å²) in [6.45, 7) is 2.16. The van der Waals surface area contributed by atoms with Crippen LogP contribution >= 0.6 is 11.8 Å². The Morgan fingerprint density at radius 1 is 1.55 bits per heavy atom. The molecule has 0 bridgehead atoms. The van der Waals surface area contributed by atoms with Crippen molar-refractivity contribution in [3.63, 3.8) is 0 Å². The van der Waals surface area contributed by atoms with Crippen molar-refractivity contribution in [2.24, 2.45) is 0 Å². The van der Waals surface area contributed by atoms with Crippen LogP contribution in [0.3, 0.4) is 0 Å². The first-order valence-corrected chi connectivity index (χ1v) is 4.62. The van der Waals surface area contributed by atoms with Crippen LogP contribution in [0, 0.1) is 0 Å². The molecule has 4 nitrogen and oxygen atoms in total. The molecular weight excluding hydrogens is 160 g/mol. The Balaban J connectivity index is 2.27.